The van der Waals surface area contributed by atoms with Crippen LogP contribution in [-0.4, -0.2) is 31.7 Å². The van der Waals surface area contributed by atoms with Crippen molar-refractivity contribution < 1.29 is 17.6 Å². The zero-order chi connectivity index (χ0) is 20.4. The van der Waals surface area contributed by atoms with Crippen LogP contribution >= 0.6 is 15.9 Å². The fourth-order valence-electron chi connectivity index (χ4n) is 3.34. The molecule has 1 saturated heterocycles. The van der Waals surface area contributed by atoms with E-state index in [2.05, 4.69) is 21.2 Å². The third kappa shape index (κ3) is 4.61. The zero-order valence-corrected chi connectivity index (χ0v) is 17.9. The quantitative estimate of drug-likeness (QED) is 0.727. The Balaban J connectivity index is 1.70. The van der Waals surface area contributed by atoms with Gasteiger partial charge in [0.25, 0.3) is 0 Å². The Kier molecular flexibility index (Phi) is 6.21. The molecule has 150 valence electrons. The summed E-state index contributed by atoms with van der Waals surface area (Å²) in [6.45, 7) is 2.57. The van der Waals surface area contributed by atoms with Gasteiger partial charge in [0.2, 0.25) is 15.9 Å². The lowest BCUT2D eigenvalue weighted by Gasteiger charge is -2.38. The minimum atomic E-state index is -3.66. The van der Waals surface area contributed by atoms with Gasteiger partial charge >= 0.3 is 0 Å². The van der Waals surface area contributed by atoms with Crippen LogP contribution in [0.4, 0.5) is 4.39 Å². The van der Waals surface area contributed by atoms with E-state index < -0.39 is 15.4 Å². The van der Waals surface area contributed by atoms with Crippen LogP contribution in [0.2, 0.25) is 0 Å². The third-order valence-electron chi connectivity index (χ3n) is 5.03. The predicted molar refractivity (Wildman–Crippen MR) is 108 cm³/mol. The van der Waals surface area contributed by atoms with Gasteiger partial charge in [-0.25, -0.2) is 12.8 Å². The summed E-state index contributed by atoms with van der Waals surface area (Å²) in [5.74, 6) is -0.532. The molecule has 0 bridgehead atoms. The molecule has 1 aliphatic rings. The number of nitrogens with zero attached hydrogens (tertiary/aromatic N) is 1. The molecule has 3 rings (SSSR count). The second kappa shape index (κ2) is 8.31. The van der Waals surface area contributed by atoms with Crippen LogP contribution in [0.25, 0.3) is 0 Å². The van der Waals surface area contributed by atoms with E-state index in [1.807, 2.05) is 0 Å². The van der Waals surface area contributed by atoms with Crippen LogP contribution in [-0.2, 0) is 21.4 Å². The van der Waals surface area contributed by atoms with Gasteiger partial charge in [-0.3, -0.25) is 4.79 Å². The van der Waals surface area contributed by atoms with E-state index in [9.17, 15) is 17.6 Å². The number of carbonyl (C=O) groups excluding carboxylic acids is 1. The Labute approximate surface area is 173 Å². The molecule has 2 aromatic carbocycles. The number of nitrogens with one attached hydrogen (secondary N) is 1. The first-order chi connectivity index (χ1) is 13.2. The van der Waals surface area contributed by atoms with Gasteiger partial charge in [-0.05, 0) is 61.7 Å². The number of carbonyl (C=O) groups is 1. The fraction of sp³-hybridized carbons (Fsp3) is 0.350. The summed E-state index contributed by atoms with van der Waals surface area (Å²) >= 11 is 3.30. The molecule has 0 spiro atoms. The van der Waals surface area contributed by atoms with Crippen molar-refractivity contribution >= 4 is 31.9 Å². The smallest absolute Gasteiger partial charge is 0.243 e. The molecule has 1 heterocycles. The van der Waals surface area contributed by atoms with E-state index in [1.165, 1.54) is 16.4 Å². The van der Waals surface area contributed by atoms with Crippen molar-refractivity contribution in [2.24, 2.45) is 5.41 Å². The summed E-state index contributed by atoms with van der Waals surface area (Å²) in [5, 5.41) is 2.86. The monoisotopic (exact) mass is 468 g/mol. The first-order valence-corrected chi connectivity index (χ1v) is 11.2. The maximum atomic E-state index is 13.0. The lowest BCUT2D eigenvalue weighted by atomic mass is 9.82. The van der Waals surface area contributed by atoms with E-state index in [4.69, 9.17) is 0 Å². The number of rotatable bonds is 5. The second-order valence-corrected chi connectivity index (χ2v) is 10.1. The zero-order valence-electron chi connectivity index (χ0n) is 15.5. The molecule has 1 amide bonds. The Morgan fingerprint density at radius 3 is 2.46 bits per heavy atom. The maximum absolute atomic E-state index is 13.0. The van der Waals surface area contributed by atoms with Gasteiger partial charge in [0, 0.05) is 24.1 Å². The van der Waals surface area contributed by atoms with Gasteiger partial charge < -0.3 is 5.32 Å². The number of hydrogen-bond donors (Lipinski definition) is 1. The first-order valence-electron chi connectivity index (χ1n) is 8.99. The molecule has 8 heteroatoms. The van der Waals surface area contributed by atoms with Gasteiger partial charge in [0.05, 0.1) is 10.3 Å². The second-order valence-electron chi connectivity index (χ2n) is 7.27. The average molecular weight is 469 g/mol. The van der Waals surface area contributed by atoms with E-state index in [-0.39, 0.29) is 29.7 Å². The summed E-state index contributed by atoms with van der Waals surface area (Å²) < 4.78 is 41.1. The van der Waals surface area contributed by atoms with Crippen LogP contribution in [0, 0.1) is 11.2 Å². The maximum Gasteiger partial charge on any atom is 0.243 e. The third-order valence-corrected chi connectivity index (χ3v) is 7.42. The van der Waals surface area contributed by atoms with Gasteiger partial charge in [-0.2, -0.15) is 4.31 Å². The molecule has 1 fully saturated rings. The summed E-state index contributed by atoms with van der Waals surface area (Å²) in [6.07, 6.45) is 1.21. The molecule has 1 unspecified atom stereocenters. The van der Waals surface area contributed by atoms with Gasteiger partial charge in [-0.15, -0.1) is 0 Å². The lowest BCUT2D eigenvalue weighted by Crippen LogP contribution is -2.51. The highest BCUT2D eigenvalue weighted by Gasteiger charge is 2.41. The summed E-state index contributed by atoms with van der Waals surface area (Å²) in [7, 11) is -3.66. The van der Waals surface area contributed by atoms with Crippen molar-refractivity contribution in [1.82, 2.24) is 9.62 Å². The van der Waals surface area contributed by atoms with Crippen molar-refractivity contribution in [3.8, 4) is 0 Å². The van der Waals surface area contributed by atoms with Crippen LogP contribution in [0.3, 0.4) is 0 Å². The predicted octanol–water partition coefficient (Wildman–Crippen LogP) is 3.70. The normalized spacial score (nSPS) is 20.7. The summed E-state index contributed by atoms with van der Waals surface area (Å²) in [5.41, 5.74) is -0.0331. The Hall–Kier alpha value is -1.77. The largest absolute Gasteiger partial charge is 0.352 e. The highest BCUT2D eigenvalue weighted by atomic mass is 79.9. The van der Waals surface area contributed by atoms with Crippen LogP contribution in [0.1, 0.15) is 25.3 Å². The molecule has 2 aromatic rings. The molecule has 0 saturated carbocycles. The first kappa shape index (κ1) is 21.0. The Bertz CT molecular complexity index is 948. The Morgan fingerprint density at radius 1 is 1.18 bits per heavy atom. The summed E-state index contributed by atoms with van der Waals surface area (Å²) in [4.78, 5) is 13.0. The molecule has 1 atom stereocenters. The topological polar surface area (TPSA) is 66.5 Å². The molecule has 0 radical (unpaired) electrons. The molecule has 5 nitrogen and oxygen atoms in total. The SMILES string of the molecule is CC1(C(=O)NCc2ccc(F)cc2)CCCN(S(=O)(=O)c2ccc(Br)cc2)C1. The molecular weight excluding hydrogens is 447 g/mol. The number of sulfonamides is 1. The van der Waals surface area contributed by atoms with Crippen molar-refractivity contribution in [2.75, 3.05) is 13.1 Å². The lowest BCUT2D eigenvalue weighted by molar-refractivity contribution is -0.132. The number of hydrogen-bond acceptors (Lipinski definition) is 3. The molecule has 1 N–H and O–H groups in total. The van der Waals surface area contributed by atoms with Gasteiger partial charge in [-0.1, -0.05) is 28.1 Å². The fourth-order valence-corrected chi connectivity index (χ4v) is 5.20. The van der Waals surface area contributed by atoms with Gasteiger partial charge in [0.1, 0.15) is 5.82 Å². The van der Waals surface area contributed by atoms with Crippen molar-refractivity contribution in [3.63, 3.8) is 0 Å². The molecule has 1 aliphatic heterocycles. The number of benzene rings is 2. The standard InChI is InChI=1S/C20H22BrFN2O3S/c1-20(19(25)23-13-15-3-7-17(22)8-4-15)11-2-12-24(14-20)28(26,27)18-9-5-16(21)6-10-18/h3-10H,2,11-14H2,1H3,(H,23,25). The molecule has 0 aliphatic carbocycles. The van der Waals surface area contributed by atoms with Crippen molar-refractivity contribution in [2.45, 2.75) is 31.2 Å². The van der Waals surface area contributed by atoms with Crippen molar-refractivity contribution in [1.29, 1.82) is 0 Å². The highest BCUT2D eigenvalue weighted by molar-refractivity contribution is 9.10. The van der Waals surface area contributed by atoms with Crippen LogP contribution < -0.4 is 5.32 Å². The Morgan fingerprint density at radius 2 is 1.82 bits per heavy atom. The van der Waals surface area contributed by atoms with Crippen LogP contribution in [0.5, 0.6) is 0 Å². The minimum absolute atomic E-state index is 0.126. The molecule has 28 heavy (non-hydrogen) atoms. The van der Waals surface area contributed by atoms with E-state index in [1.54, 1.807) is 43.3 Å². The van der Waals surface area contributed by atoms with E-state index in [0.29, 0.717) is 19.4 Å². The highest BCUT2D eigenvalue weighted by Crippen LogP contribution is 2.33. The van der Waals surface area contributed by atoms with Crippen LogP contribution in [0.15, 0.2) is 57.9 Å². The number of amides is 1. The number of piperidine rings is 1. The van der Waals surface area contributed by atoms with E-state index >= 15 is 0 Å². The van der Waals surface area contributed by atoms with E-state index in [0.717, 1.165) is 10.0 Å². The molecular formula is C20H22BrFN2O3S. The summed E-state index contributed by atoms with van der Waals surface area (Å²) in [6, 6.07) is 12.4. The number of halogens is 2. The minimum Gasteiger partial charge on any atom is -0.352 e. The van der Waals surface area contributed by atoms with Crippen molar-refractivity contribution in [3.05, 3.63) is 64.4 Å². The molecule has 0 aromatic heterocycles. The average Bonchev–Trinajstić information content (AvgIpc) is 2.67. The van der Waals surface area contributed by atoms with Gasteiger partial charge in [0.15, 0.2) is 0 Å².